The molecule has 2 aromatic rings. The minimum Gasteiger partial charge on any atom is -0.324 e. The van der Waals surface area contributed by atoms with Gasteiger partial charge in [-0.3, -0.25) is 0 Å². The van der Waals surface area contributed by atoms with E-state index < -0.39 is 0 Å². The molecule has 0 unspecified atom stereocenters. The second-order valence-electron chi connectivity index (χ2n) is 4.11. The lowest BCUT2D eigenvalue weighted by Gasteiger charge is -2.01. The predicted molar refractivity (Wildman–Crippen MR) is 64.4 cm³/mol. The second-order valence-corrected chi connectivity index (χ2v) is 5.21. The maximum atomic E-state index is 5.55. The van der Waals surface area contributed by atoms with Crippen molar-refractivity contribution < 1.29 is 0 Å². The van der Waals surface area contributed by atoms with E-state index in [1.807, 2.05) is 0 Å². The Morgan fingerprint density at radius 1 is 1.19 bits per heavy atom. The second kappa shape index (κ2) is 3.96. The Morgan fingerprint density at radius 3 is 2.44 bits per heavy atom. The number of nitrogens with zero attached hydrogens (tertiary/aromatic N) is 2. The number of nitrogens with two attached hydrogens (primary N) is 1. The summed E-state index contributed by atoms with van der Waals surface area (Å²) in [5.74, 6) is 0.509. The van der Waals surface area contributed by atoms with E-state index in [1.165, 1.54) is 11.1 Å². The zero-order valence-electron chi connectivity index (χ0n) is 8.89. The Hall–Kier alpha value is -1.26. The molecule has 0 radical (unpaired) electrons. The van der Waals surface area contributed by atoms with Gasteiger partial charge in [0.05, 0.1) is 0 Å². The molecule has 1 aliphatic rings. The van der Waals surface area contributed by atoms with Crippen LogP contribution in [0, 0.1) is 0 Å². The third-order valence-electron chi connectivity index (χ3n) is 3.06. The molecule has 0 saturated heterocycles. The molecule has 1 aromatic heterocycles. The van der Waals surface area contributed by atoms with Crippen LogP contribution in [-0.2, 0) is 19.4 Å². The maximum absolute atomic E-state index is 5.55. The summed E-state index contributed by atoms with van der Waals surface area (Å²) < 4.78 is 0. The summed E-state index contributed by atoms with van der Waals surface area (Å²) in [6.45, 7) is 0.497. The van der Waals surface area contributed by atoms with Gasteiger partial charge < -0.3 is 5.73 Å². The number of aromatic nitrogens is 2. The Kier molecular flexibility index (Phi) is 2.46. The van der Waals surface area contributed by atoms with E-state index in [2.05, 4.69) is 34.5 Å². The van der Waals surface area contributed by atoms with Crippen molar-refractivity contribution in [1.82, 2.24) is 10.2 Å². The quantitative estimate of drug-likeness (QED) is 0.858. The Balaban J connectivity index is 1.85. The van der Waals surface area contributed by atoms with Gasteiger partial charge in [-0.15, -0.1) is 10.2 Å². The molecule has 0 aliphatic heterocycles. The van der Waals surface area contributed by atoms with Gasteiger partial charge in [0.1, 0.15) is 10.0 Å². The van der Waals surface area contributed by atoms with E-state index in [1.54, 1.807) is 11.3 Å². The largest absolute Gasteiger partial charge is 0.324 e. The number of hydrogen-bond acceptors (Lipinski definition) is 4. The smallest absolute Gasteiger partial charge is 0.131 e. The molecule has 16 heavy (non-hydrogen) atoms. The molecule has 0 amide bonds. The van der Waals surface area contributed by atoms with Crippen LogP contribution in [0.25, 0.3) is 0 Å². The SMILES string of the molecule is NCc1nnc(C2Cc3ccccc3C2)s1. The van der Waals surface area contributed by atoms with E-state index >= 15 is 0 Å². The van der Waals surface area contributed by atoms with Crippen LogP contribution in [-0.4, -0.2) is 10.2 Å². The van der Waals surface area contributed by atoms with Crippen LogP contribution < -0.4 is 5.73 Å². The van der Waals surface area contributed by atoms with Crippen molar-refractivity contribution in [3.63, 3.8) is 0 Å². The highest BCUT2D eigenvalue weighted by atomic mass is 32.1. The normalized spacial score (nSPS) is 15.3. The zero-order valence-corrected chi connectivity index (χ0v) is 9.70. The average molecular weight is 231 g/mol. The Labute approximate surface area is 98.3 Å². The van der Waals surface area contributed by atoms with Crippen LogP contribution in [0.15, 0.2) is 24.3 Å². The van der Waals surface area contributed by atoms with Gasteiger partial charge in [0.15, 0.2) is 0 Å². The summed E-state index contributed by atoms with van der Waals surface area (Å²) >= 11 is 1.65. The van der Waals surface area contributed by atoms with Crippen molar-refractivity contribution in [1.29, 1.82) is 0 Å². The predicted octanol–water partition coefficient (Wildman–Crippen LogP) is 1.88. The molecule has 3 nitrogen and oxygen atoms in total. The lowest BCUT2D eigenvalue weighted by Crippen LogP contribution is -1.96. The molecule has 3 rings (SSSR count). The molecule has 1 heterocycles. The highest BCUT2D eigenvalue weighted by molar-refractivity contribution is 7.11. The van der Waals surface area contributed by atoms with Crippen LogP contribution >= 0.6 is 11.3 Å². The van der Waals surface area contributed by atoms with Gasteiger partial charge in [0, 0.05) is 12.5 Å². The summed E-state index contributed by atoms with van der Waals surface area (Å²) in [4.78, 5) is 0. The molecule has 4 heteroatoms. The van der Waals surface area contributed by atoms with Crippen molar-refractivity contribution in [2.75, 3.05) is 0 Å². The molecular formula is C12H13N3S. The molecule has 0 spiro atoms. The number of benzene rings is 1. The molecule has 82 valence electrons. The highest BCUT2D eigenvalue weighted by Gasteiger charge is 2.25. The summed E-state index contributed by atoms with van der Waals surface area (Å²) in [6, 6.07) is 8.62. The van der Waals surface area contributed by atoms with Gasteiger partial charge in [-0.05, 0) is 24.0 Å². The molecule has 0 bridgehead atoms. The molecule has 2 N–H and O–H groups in total. The van der Waals surface area contributed by atoms with Crippen molar-refractivity contribution >= 4 is 11.3 Å². The number of fused-ring (bicyclic) bond motifs is 1. The van der Waals surface area contributed by atoms with Gasteiger partial charge in [-0.1, -0.05) is 35.6 Å². The van der Waals surface area contributed by atoms with Crippen molar-refractivity contribution in [3.05, 3.63) is 45.4 Å². The van der Waals surface area contributed by atoms with Gasteiger partial charge in [0.2, 0.25) is 0 Å². The van der Waals surface area contributed by atoms with E-state index in [4.69, 9.17) is 5.73 Å². The Bertz CT molecular complexity index is 481. The van der Waals surface area contributed by atoms with E-state index in [-0.39, 0.29) is 0 Å². The summed E-state index contributed by atoms with van der Waals surface area (Å²) in [5.41, 5.74) is 8.47. The minimum atomic E-state index is 0.497. The lowest BCUT2D eigenvalue weighted by molar-refractivity contribution is 0.719. The van der Waals surface area contributed by atoms with Crippen molar-refractivity contribution in [2.45, 2.75) is 25.3 Å². The first-order chi connectivity index (χ1) is 7.86. The van der Waals surface area contributed by atoms with Crippen LogP contribution in [0.2, 0.25) is 0 Å². The van der Waals surface area contributed by atoms with E-state index in [0.29, 0.717) is 12.5 Å². The first kappa shape index (κ1) is 9.93. The molecule has 0 saturated carbocycles. The topological polar surface area (TPSA) is 51.8 Å². The van der Waals surface area contributed by atoms with Crippen molar-refractivity contribution in [2.24, 2.45) is 5.73 Å². The summed E-state index contributed by atoms with van der Waals surface area (Å²) in [7, 11) is 0. The highest BCUT2D eigenvalue weighted by Crippen LogP contribution is 2.34. The van der Waals surface area contributed by atoms with Crippen LogP contribution in [0.1, 0.15) is 27.1 Å². The molecular weight excluding hydrogens is 218 g/mol. The monoisotopic (exact) mass is 231 g/mol. The fourth-order valence-corrected chi connectivity index (χ4v) is 3.07. The zero-order chi connectivity index (χ0) is 11.0. The van der Waals surface area contributed by atoms with E-state index in [0.717, 1.165) is 22.9 Å². The van der Waals surface area contributed by atoms with Crippen LogP contribution in [0.4, 0.5) is 0 Å². The maximum Gasteiger partial charge on any atom is 0.131 e. The first-order valence-electron chi connectivity index (χ1n) is 5.46. The van der Waals surface area contributed by atoms with Gasteiger partial charge in [0.25, 0.3) is 0 Å². The van der Waals surface area contributed by atoms with Gasteiger partial charge in [-0.2, -0.15) is 0 Å². The Morgan fingerprint density at radius 2 is 1.88 bits per heavy atom. The number of rotatable bonds is 2. The molecule has 0 fully saturated rings. The molecule has 1 aliphatic carbocycles. The lowest BCUT2D eigenvalue weighted by atomic mass is 10.1. The standard InChI is InChI=1S/C12H13N3S/c13-7-11-14-15-12(16-11)10-5-8-3-1-2-4-9(8)6-10/h1-4,10H,5-7,13H2. The van der Waals surface area contributed by atoms with Gasteiger partial charge in [-0.25, -0.2) is 0 Å². The van der Waals surface area contributed by atoms with Crippen LogP contribution in [0.3, 0.4) is 0 Å². The third kappa shape index (κ3) is 1.64. The number of hydrogen-bond donors (Lipinski definition) is 1. The third-order valence-corrected chi connectivity index (χ3v) is 4.17. The fraction of sp³-hybridized carbons (Fsp3) is 0.333. The van der Waals surface area contributed by atoms with Crippen molar-refractivity contribution in [3.8, 4) is 0 Å². The van der Waals surface area contributed by atoms with E-state index in [9.17, 15) is 0 Å². The fourth-order valence-electron chi connectivity index (χ4n) is 2.25. The molecule has 1 aromatic carbocycles. The van der Waals surface area contributed by atoms with Crippen LogP contribution in [0.5, 0.6) is 0 Å². The van der Waals surface area contributed by atoms with Gasteiger partial charge >= 0.3 is 0 Å². The summed E-state index contributed by atoms with van der Waals surface area (Å²) in [5, 5.41) is 10.4. The average Bonchev–Trinajstić information content (AvgIpc) is 2.95. The minimum absolute atomic E-state index is 0.497. The first-order valence-corrected chi connectivity index (χ1v) is 6.27. The molecule has 0 atom stereocenters. The summed E-state index contributed by atoms with van der Waals surface area (Å²) in [6.07, 6.45) is 2.19.